The second-order valence-electron chi connectivity index (χ2n) is 5.16. The molecular weight excluding hydrogens is 366 g/mol. The fourth-order valence-corrected chi connectivity index (χ4v) is 2.75. The van der Waals surface area contributed by atoms with E-state index in [1.165, 1.54) is 12.1 Å². The van der Waals surface area contributed by atoms with Gasteiger partial charge < -0.3 is 10.4 Å². The third-order valence-corrected chi connectivity index (χ3v) is 3.74. The first-order valence-corrected chi connectivity index (χ1v) is 7.48. The van der Waals surface area contributed by atoms with Crippen molar-refractivity contribution in [1.82, 2.24) is 0 Å². The normalized spacial score (nSPS) is 11.4. The minimum atomic E-state index is -4.67. The molecule has 3 nitrogen and oxygen atoms in total. The van der Waals surface area contributed by atoms with E-state index in [1.807, 2.05) is 0 Å². The summed E-state index contributed by atoms with van der Waals surface area (Å²) in [7, 11) is 0. The van der Waals surface area contributed by atoms with Gasteiger partial charge in [0.1, 0.15) is 0 Å². The Morgan fingerprint density at radius 2 is 1.88 bits per heavy atom. The van der Waals surface area contributed by atoms with E-state index in [4.69, 9.17) is 28.3 Å². The van der Waals surface area contributed by atoms with Crippen molar-refractivity contribution in [1.29, 1.82) is 0 Å². The number of carboxylic acid groups (broad SMARTS) is 1. The number of aryl methyl sites for hydroxylation is 1. The van der Waals surface area contributed by atoms with Crippen LogP contribution in [0.25, 0.3) is 0 Å². The summed E-state index contributed by atoms with van der Waals surface area (Å²) < 4.78 is 39.7. The molecular formula is C16H12Cl2F3NO2. The lowest BCUT2D eigenvalue weighted by atomic mass is 10.1. The van der Waals surface area contributed by atoms with Crippen LogP contribution in [-0.2, 0) is 17.4 Å². The topological polar surface area (TPSA) is 49.3 Å². The van der Waals surface area contributed by atoms with Gasteiger partial charge in [0, 0.05) is 10.7 Å². The lowest BCUT2D eigenvalue weighted by molar-refractivity contribution is -0.137. The number of nitrogens with one attached hydrogen (secondary N) is 1. The van der Waals surface area contributed by atoms with Crippen LogP contribution in [0.4, 0.5) is 24.5 Å². The quantitative estimate of drug-likeness (QED) is 0.719. The van der Waals surface area contributed by atoms with E-state index in [9.17, 15) is 18.0 Å². The molecule has 0 bridgehead atoms. The second-order valence-corrected chi connectivity index (χ2v) is 6.01. The Morgan fingerprint density at radius 3 is 2.46 bits per heavy atom. The van der Waals surface area contributed by atoms with Gasteiger partial charge >= 0.3 is 12.1 Å². The van der Waals surface area contributed by atoms with Gasteiger partial charge in [-0.05, 0) is 30.7 Å². The highest BCUT2D eigenvalue weighted by molar-refractivity contribution is 6.36. The molecule has 0 spiro atoms. The number of hydrogen-bond donors (Lipinski definition) is 2. The number of carboxylic acids is 1. The van der Waals surface area contributed by atoms with Gasteiger partial charge in [-0.1, -0.05) is 40.9 Å². The SMILES string of the molecule is Cc1ccc(Nc2c(Cl)cc(Cl)cc2C(F)(F)F)c(CC(=O)O)c1. The maximum absolute atomic E-state index is 13.2. The van der Waals surface area contributed by atoms with Gasteiger partial charge in [-0.15, -0.1) is 0 Å². The maximum Gasteiger partial charge on any atom is 0.418 e. The molecule has 0 saturated heterocycles. The van der Waals surface area contributed by atoms with E-state index in [-0.39, 0.29) is 27.8 Å². The van der Waals surface area contributed by atoms with Gasteiger partial charge in [-0.25, -0.2) is 0 Å². The van der Waals surface area contributed by atoms with E-state index in [0.29, 0.717) is 5.56 Å². The Morgan fingerprint density at radius 1 is 1.21 bits per heavy atom. The fraction of sp³-hybridized carbons (Fsp3) is 0.188. The van der Waals surface area contributed by atoms with E-state index >= 15 is 0 Å². The zero-order valence-electron chi connectivity index (χ0n) is 12.3. The van der Waals surface area contributed by atoms with E-state index in [2.05, 4.69) is 5.32 Å². The highest BCUT2D eigenvalue weighted by Crippen LogP contribution is 2.42. The van der Waals surface area contributed by atoms with Crippen molar-refractivity contribution in [2.45, 2.75) is 19.5 Å². The van der Waals surface area contributed by atoms with Crippen LogP contribution in [0, 0.1) is 6.92 Å². The summed E-state index contributed by atoms with van der Waals surface area (Å²) in [5.41, 5.74) is -0.0275. The van der Waals surface area contributed by atoms with Crippen LogP contribution in [-0.4, -0.2) is 11.1 Å². The lowest BCUT2D eigenvalue weighted by Gasteiger charge is -2.18. The van der Waals surface area contributed by atoms with Gasteiger partial charge in [-0.3, -0.25) is 4.79 Å². The molecule has 0 unspecified atom stereocenters. The first-order chi connectivity index (χ1) is 11.1. The molecule has 0 saturated carbocycles. The molecule has 0 aliphatic rings. The maximum atomic E-state index is 13.2. The van der Waals surface area contributed by atoms with Crippen molar-refractivity contribution in [3.63, 3.8) is 0 Å². The molecule has 0 amide bonds. The molecule has 0 atom stereocenters. The molecule has 128 valence electrons. The fourth-order valence-electron chi connectivity index (χ4n) is 2.21. The molecule has 2 aromatic rings. The average Bonchev–Trinajstić information content (AvgIpc) is 2.42. The molecule has 0 aliphatic heterocycles. The van der Waals surface area contributed by atoms with E-state index < -0.39 is 17.7 Å². The third kappa shape index (κ3) is 4.33. The number of carbonyl (C=O) groups is 1. The Bertz CT molecular complexity index is 792. The van der Waals surface area contributed by atoms with Crippen LogP contribution < -0.4 is 5.32 Å². The molecule has 2 N–H and O–H groups in total. The molecule has 0 heterocycles. The summed E-state index contributed by atoms with van der Waals surface area (Å²) in [6.45, 7) is 1.76. The monoisotopic (exact) mass is 377 g/mol. The van der Waals surface area contributed by atoms with Crippen LogP contribution in [0.1, 0.15) is 16.7 Å². The summed E-state index contributed by atoms with van der Waals surface area (Å²) in [5, 5.41) is 11.2. The Balaban J connectivity index is 2.54. The minimum absolute atomic E-state index is 0.146. The highest BCUT2D eigenvalue weighted by atomic mass is 35.5. The highest BCUT2D eigenvalue weighted by Gasteiger charge is 2.35. The molecule has 2 aromatic carbocycles. The summed E-state index contributed by atoms with van der Waals surface area (Å²) in [6.07, 6.45) is -5.01. The predicted octanol–water partition coefficient (Wildman–Crippen LogP) is 5.69. The van der Waals surface area contributed by atoms with Crippen molar-refractivity contribution >= 4 is 40.5 Å². The van der Waals surface area contributed by atoms with E-state index in [0.717, 1.165) is 11.6 Å². The Kier molecular flexibility index (Phi) is 5.30. The van der Waals surface area contributed by atoms with Crippen molar-refractivity contribution in [3.8, 4) is 0 Å². The van der Waals surface area contributed by atoms with Gasteiger partial charge in [-0.2, -0.15) is 13.2 Å². The molecule has 0 aliphatic carbocycles. The lowest BCUT2D eigenvalue weighted by Crippen LogP contribution is -2.11. The Hall–Kier alpha value is -1.92. The van der Waals surface area contributed by atoms with Gasteiger partial charge in [0.15, 0.2) is 0 Å². The van der Waals surface area contributed by atoms with Crippen molar-refractivity contribution < 1.29 is 23.1 Å². The molecule has 0 radical (unpaired) electrons. The van der Waals surface area contributed by atoms with Crippen LogP contribution in [0.2, 0.25) is 10.0 Å². The predicted molar refractivity (Wildman–Crippen MR) is 87.3 cm³/mol. The van der Waals surface area contributed by atoms with Crippen LogP contribution >= 0.6 is 23.2 Å². The van der Waals surface area contributed by atoms with Crippen molar-refractivity contribution in [2.75, 3.05) is 5.32 Å². The van der Waals surface area contributed by atoms with Crippen LogP contribution in [0.15, 0.2) is 30.3 Å². The van der Waals surface area contributed by atoms with Crippen LogP contribution in [0.3, 0.4) is 0 Å². The first-order valence-electron chi connectivity index (χ1n) is 6.72. The summed E-state index contributed by atoms with van der Waals surface area (Å²) in [4.78, 5) is 11.0. The van der Waals surface area contributed by atoms with Crippen LogP contribution in [0.5, 0.6) is 0 Å². The first kappa shape index (κ1) is 18.4. The summed E-state index contributed by atoms with van der Waals surface area (Å²) >= 11 is 11.6. The molecule has 8 heteroatoms. The smallest absolute Gasteiger partial charge is 0.418 e. The Labute approximate surface area is 146 Å². The summed E-state index contributed by atoms with van der Waals surface area (Å²) in [6, 6.07) is 6.71. The third-order valence-electron chi connectivity index (χ3n) is 3.22. The van der Waals surface area contributed by atoms with Gasteiger partial charge in [0.2, 0.25) is 0 Å². The molecule has 0 fully saturated rings. The zero-order valence-corrected chi connectivity index (χ0v) is 13.9. The van der Waals surface area contributed by atoms with Gasteiger partial charge in [0.25, 0.3) is 0 Å². The molecule has 2 rings (SSSR count). The molecule has 0 aromatic heterocycles. The van der Waals surface area contributed by atoms with Crippen molar-refractivity contribution in [2.24, 2.45) is 0 Å². The molecule has 24 heavy (non-hydrogen) atoms. The zero-order chi connectivity index (χ0) is 18.1. The number of halogens is 5. The van der Waals surface area contributed by atoms with Gasteiger partial charge in [0.05, 0.1) is 22.7 Å². The standard InChI is InChI=1S/C16H12Cl2F3NO2/c1-8-2-3-13(9(4-8)5-14(23)24)22-15-11(16(19,20)21)6-10(17)7-12(15)18/h2-4,6-7,22H,5H2,1H3,(H,23,24). The number of anilines is 2. The van der Waals surface area contributed by atoms with Crippen molar-refractivity contribution in [3.05, 3.63) is 57.1 Å². The summed E-state index contributed by atoms with van der Waals surface area (Å²) in [5.74, 6) is -1.10. The number of hydrogen-bond acceptors (Lipinski definition) is 2. The largest absolute Gasteiger partial charge is 0.481 e. The minimum Gasteiger partial charge on any atom is -0.481 e. The number of alkyl halides is 3. The average molecular weight is 378 g/mol. The number of benzene rings is 2. The second kappa shape index (κ2) is 6.91. The number of aliphatic carboxylic acids is 1. The number of rotatable bonds is 4. The van der Waals surface area contributed by atoms with E-state index in [1.54, 1.807) is 19.1 Å².